The van der Waals surface area contributed by atoms with Crippen molar-refractivity contribution in [2.75, 3.05) is 6.54 Å². The Hall–Kier alpha value is -1.73. The molecule has 3 rings (SSSR count). The smallest absolute Gasteiger partial charge is 0.155 e. The van der Waals surface area contributed by atoms with E-state index in [1.54, 1.807) is 12.4 Å². The van der Waals surface area contributed by atoms with E-state index in [4.69, 9.17) is 0 Å². The number of aryl methyl sites for hydroxylation is 1. The Labute approximate surface area is 124 Å². The molecule has 0 fully saturated rings. The van der Waals surface area contributed by atoms with Gasteiger partial charge in [-0.2, -0.15) is 0 Å². The summed E-state index contributed by atoms with van der Waals surface area (Å²) in [6.45, 7) is 1.73. The third-order valence-corrected chi connectivity index (χ3v) is 3.48. The SMILES string of the molecule is Brc1cn2c(CNCCCc3ncc[nH]3)cnc2cn1. The van der Waals surface area contributed by atoms with Crippen LogP contribution in [0.15, 0.2) is 35.6 Å². The molecule has 0 radical (unpaired) electrons. The van der Waals surface area contributed by atoms with Crippen molar-refractivity contribution in [2.45, 2.75) is 19.4 Å². The van der Waals surface area contributed by atoms with Gasteiger partial charge in [0, 0.05) is 31.6 Å². The molecule has 104 valence electrons. The van der Waals surface area contributed by atoms with Crippen LogP contribution in [0, 0.1) is 0 Å². The quantitative estimate of drug-likeness (QED) is 0.676. The van der Waals surface area contributed by atoms with E-state index in [1.165, 1.54) is 0 Å². The van der Waals surface area contributed by atoms with Gasteiger partial charge in [-0.1, -0.05) is 0 Å². The van der Waals surface area contributed by atoms with Crippen molar-refractivity contribution in [3.63, 3.8) is 0 Å². The van der Waals surface area contributed by atoms with Gasteiger partial charge in [0.05, 0.1) is 18.1 Å². The minimum absolute atomic E-state index is 0.787. The number of hydrogen-bond donors (Lipinski definition) is 2. The van der Waals surface area contributed by atoms with Gasteiger partial charge >= 0.3 is 0 Å². The summed E-state index contributed by atoms with van der Waals surface area (Å²) in [5, 5.41) is 3.42. The van der Waals surface area contributed by atoms with Gasteiger partial charge in [-0.15, -0.1) is 0 Å². The Balaban J connectivity index is 1.51. The fourth-order valence-electron chi connectivity index (χ4n) is 2.08. The lowest BCUT2D eigenvalue weighted by molar-refractivity contribution is 0.630. The molecule has 0 saturated heterocycles. The van der Waals surface area contributed by atoms with Gasteiger partial charge in [0.1, 0.15) is 10.4 Å². The highest BCUT2D eigenvalue weighted by molar-refractivity contribution is 9.10. The van der Waals surface area contributed by atoms with Gasteiger partial charge < -0.3 is 10.3 Å². The molecule has 20 heavy (non-hydrogen) atoms. The highest BCUT2D eigenvalue weighted by atomic mass is 79.9. The van der Waals surface area contributed by atoms with Crippen LogP contribution in [-0.2, 0) is 13.0 Å². The maximum Gasteiger partial charge on any atom is 0.155 e. The highest BCUT2D eigenvalue weighted by Gasteiger charge is 2.03. The number of nitrogens with one attached hydrogen (secondary N) is 2. The molecule has 6 nitrogen and oxygen atoms in total. The first kappa shape index (κ1) is 13.3. The normalized spacial score (nSPS) is 11.2. The maximum atomic E-state index is 4.32. The second kappa shape index (κ2) is 6.15. The predicted octanol–water partition coefficient (Wildman–Crippen LogP) is 1.94. The van der Waals surface area contributed by atoms with Gasteiger partial charge in [0.2, 0.25) is 0 Å². The first-order valence-corrected chi connectivity index (χ1v) is 7.29. The molecule has 0 saturated carbocycles. The Morgan fingerprint density at radius 1 is 1.25 bits per heavy atom. The summed E-state index contributed by atoms with van der Waals surface area (Å²) in [5.74, 6) is 1.04. The Morgan fingerprint density at radius 2 is 2.20 bits per heavy atom. The summed E-state index contributed by atoms with van der Waals surface area (Å²) in [5.41, 5.74) is 1.99. The van der Waals surface area contributed by atoms with Crippen LogP contribution >= 0.6 is 15.9 Å². The largest absolute Gasteiger partial charge is 0.349 e. The molecule has 7 heteroatoms. The third-order valence-electron chi connectivity index (χ3n) is 3.07. The molecule has 3 heterocycles. The number of fused-ring (bicyclic) bond motifs is 1. The first-order chi connectivity index (χ1) is 9.83. The van der Waals surface area contributed by atoms with E-state index >= 15 is 0 Å². The topological polar surface area (TPSA) is 70.9 Å². The van der Waals surface area contributed by atoms with E-state index in [0.29, 0.717) is 0 Å². The van der Waals surface area contributed by atoms with Crippen LogP contribution in [0.4, 0.5) is 0 Å². The minimum Gasteiger partial charge on any atom is -0.349 e. The fraction of sp³-hybridized carbons (Fsp3) is 0.308. The van der Waals surface area contributed by atoms with Crippen LogP contribution in [0.5, 0.6) is 0 Å². The standard InChI is InChI=1S/C13H15BrN6/c14-11-9-20-10(7-19-13(20)8-18-11)6-15-3-1-2-12-16-4-5-17-12/h4-5,7-9,15H,1-3,6H2,(H,16,17). The lowest BCUT2D eigenvalue weighted by Crippen LogP contribution is -2.16. The second-order valence-corrected chi connectivity index (χ2v) is 5.32. The van der Waals surface area contributed by atoms with Crippen molar-refractivity contribution in [2.24, 2.45) is 0 Å². The second-order valence-electron chi connectivity index (χ2n) is 4.50. The van der Waals surface area contributed by atoms with Gasteiger partial charge in [0.25, 0.3) is 0 Å². The van der Waals surface area contributed by atoms with E-state index in [-0.39, 0.29) is 0 Å². The van der Waals surface area contributed by atoms with E-state index in [0.717, 1.165) is 47.7 Å². The lowest BCUT2D eigenvalue weighted by Gasteiger charge is -2.04. The summed E-state index contributed by atoms with van der Waals surface area (Å²) in [6.07, 6.45) is 11.2. The van der Waals surface area contributed by atoms with Gasteiger partial charge in [0.15, 0.2) is 5.65 Å². The van der Waals surface area contributed by atoms with Crippen molar-refractivity contribution in [3.05, 3.63) is 47.1 Å². The molecule has 0 unspecified atom stereocenters. The highest BCUT2D eigenvalue weighted by Crippen LogP contribution is 2.10. The molecular weight excluding hydrogens is 320 g/mol. The fourth-order valence-corrected chi connectivity index (χ4v) is 2.39. The molecule has 0 aliphatic rings. The van der Waals surface area contributed by atoms with Gasteiger partial charge in [-0.3, -0.25) is 4.40 Å². The summed E-state index contributed by atoms with van der Waals surface area (Å²) in [4.78, 5) is 15.8. The summed E-state index contributed by atoms with van der Waals surface area (Å²) >= 11 is 3.38. The van der Waals surface area contributed by atoms with E-state index < -0.39 is 0 Å². The van der Waals surface area contributed by atoms with Crippen molar-refractivity contribution in [3.8, 4) is 0 Å². The average molecular weight is 335 g/mol. The van der Waals surface area contributed by atoms with E-state index in [2.05, 4.69) is 41.2 Å². The van der Waals surface area contributed by atoms with Gasteiger partial charge in [-0.05, 0) is 28.9 Å². The van der Waals surface area contributed by atoms with Crippen LogP contribution in [0.1, 0.15) is 17.9 Å². The van der Waals surface area contributed by atoms with Crippen LogP contribution < -0.4 is 5.32 Å². The zero-order valence-corrected chi connectivity index (χ0v) is 12.5. The summed E-state index contributed by atoms with van der Waals surface area (Å²) in [7, 11) is 0. The average Bonchev–Trinajstić information content (AvgIpc) is 3.08. The molecule has 0 aromatic carbocycles. The number of hydrogen-bond acceptors (Lipinski definition) is 4. The molecule has 0 bridgehead atoms. The molecule has 3 aromatic heterocycles. The molecule has 3 aromatic rings. The number of aromatic amines is 1. The zero-order chi connectivity index (χ0) is 13.8. The molecular formula is C13H15BrN6. The lowest BCUT2D eigenvalue weighted by atomic mass is 10.3. The molecule has 0 aliphatic heterocycles. The number of aromatic nitrogens is 5. The van der Waals surface area contributed by atoms with Crippen LogP contribution in [0.3, 0.4) is 0 Å². The minimum atomic E-state index is 0.787. The zero-order valence-electron chi connectivity index (χ0n) is 10.9. The molecule has 0 spiro atoms. The Kier molecular flexibility index (Phi) is 4.08. The van der Waals surface area contributed by atoms with Crippen molar-refractivity contribution < 1.29 is 0 Å². The van der Waals surface area contributed by atoms with Crippen LogP contribution in [0.2, 0.25) is 0 Å². The predicted molar refractivity (Wildman–Crippen MR) is 79.3 cm³/mol. The number of imidazole rings is 2. The monoisotopic (exact) mass is 334 g/mol. The molecule has 0 atom stereocenters. The summed E-state index contributed by atoms with van der Waals surface area (Å²) in [6, 6.07) is 0. The number of halogens is 1. The molecule has 0 amide bonds. The third kappa shape index (κ3) is 3.05. The van der Waals surface area contributed by atoms with Crippen LogP contribution in [0.25, 0.3) is 5.65 Å². The molecule has 2 N–H and O–H groups in total. The first-order valence-electron chi connectivity index (χ1n) is 6.49. The van der Waals surface area contributed by atoms with Crippen LogP contribution in [-0.4, -0.2) is 30.9 Å². The number of rotatable bonds is 6. The number of nitrogens with zero attached hydrogens (tertiary/aromatic N) is 4. The van der Waals surface area contributed by atoms with Gasteiger partial charge in [-0.25, -0.2) is 15.0 Å². The maximum absolute atomic E-state index is 4.32. The summed E-state index contributed by atoms with van der Waals surface area (Å²) < 4.78 is 2.85. The number of H-pyrrole nitrogens is 1. The van der Waals surface area contributed by atoms with E-state index in [9.17, 15) is 0 Å². The Bertz CT molecular complexity index is 675. The van der Waals surface area contributed by atoms with Crippen molar-refractivity contribution in [1.29, 1.82) is 0 Å². The van der Waals surface area contributed by atoms with Crippen molar-refractivity contribution in [1.82, 2.24) is 29.7 Å². The van der Waals surface area contributed by atoms with E-state index in [1.807, 2.05) is 23.0 Å². The Morgan fingerprint density at radius 3 is 3.05 bits per heavy atom. The molecule has 0 aliphatic carbocycles. The van der Waals surface area contributed by atoms with Crippen molar-refractivity contribution >= 4 is 21.6 Å².